The number of aliphatic imine (C=N–C) groups is 1. The summed E-state index contributed by atoms with van der Waals surface area (Å²) in [6.45, 7) is 3.87. The summed E-state index contributed by atoms with van der Waals surface area (Å²) in [6.07, 6.45) is 0. The molecule has 1 fully saturated rings. The Kier molecular flexibility index (Phi) is 5.78. The number of benzene rings is 2. The van der Waals surface area contributed by atoms with Crippen LogP contribution in [0.25, 0.3) is 0 Å². The van der Waals surface area contributed by atoms with Crippen LogP contribution in [0.3, 0.4) is 0 Å². The summed E-state index contributed by atoms with van der Waals surface area (Å²) >= 11 is 1.10. The van der Waals surface area contributed by atoms with Crippen molar-refractivity contribution in [3.63, 3.8) is 0 Å². The molecular weight excluding hydrogens is 444 g/mol. The van der Waals surface area contributed by atoms with Crippen molar-refractivity contribution in [2.24, 2.45) is 4.99 Å². The molecule has 1 N–H and O–H groups in total. The van der Waals surface area contributed by atoms with Gasteiger partial charge in [0.1, 0.15) is 11.6 Å². The Labute approximate surface area is 183 Å². The molecule has 10 heteroatoms. The van der Waals surface area contributed by atoms with Crippen LogP contribution in [-0.4, -0.2) is 48.8 Å². The minimum Gasteiger partial charge on any atom is -0.325 e. The third kappa shape index (κ3) is 4.59. The van der Waals surface area contributed by atoms with E-state index in [9.17, 15) is 22.0 Å². The third-order valence-corrected chi connectivity index (χ3v) is 7.93. The summed E-state index contributed by atoms with van der Waals surface area (Å²) in [5.41, 5.74) is 2.77. The van der Waals surface area contributed by atoms with Gasteiger partial charge in [0.25, 0.3) is 0 Å². The van der Waals surface area contributed by atoms with Gasteiger partial charge >= 0.3 is 0 Å². The first kappa shape index (κ1) is 21.8. The monoisotopic (exact) mass is 465 g/mol. The van der Waals surface area contributed by atoms with Crippen LogP contribution >= 0.6 is 11.8 Å². The van der Waals surface area contributed by atoms with Gasteiger partial charge in [-0.2, -0.15) is 0 Å². The van der Waals surface area contributed by atoms with Crippen molar-refractivity contribution in [2.45, 2.75) is 25.9 Å². The highest BCUT2D eigenvalue weighted by Crippen LogP contribution is 2.36. The van der Waals surface area contributed by atoms with Gasteiger partial charge < -0.3 is 10.2 Å². The van der Waals surface area contributed by atoms with Crippen molar-refractivity contribution >= 4 is 44.0 Å². The number of fused-ring (bicyclic) bond motifs is 1. The number of hydrogen-bond donors (Lipinski definition) is 1. The van der Waals surface area contributed by atoms with Crippen LogP contribution in [0.1, 0.15) is 11.1 Å². The van der Waals surface area contributed by atoms with Crippen LogP contribution in [0.15, 0.2) is 41.4 Å². The molecule has 2 atom stereocenters. The molecule has 31 heavy (non-hydrogen) atoms. The number of nitrogens with zero attached hydrogens (tertiary/aromatic N) is 2. The maximum atomic E-state index is 14.5. The molecule has 4 rings (SSSR count). The number of carbonyl (C=O) groups is 1. The minimum atomic E-state index is -3.30. The maximum Gasteiger partial charge on any atom is 0.234 e. The van der Waals surface area contributed by atoms with Crippen molar-refractivity contribution in [2.75, 3.05) is 27.5 Å². The van der Waals surface area contributed by atoms with Crippen molar-refractivity contribution in [1.29, 1.82) is 0 Å². The van der Waals surface area contributed by atoms with Crippen LogP contribution in [0.2, 0.25) is 0 Å². The van der Waals surface area contributed by atoms with Gasteiger partial charge in [-0.25, -0.2) is 17.2 Å². The van der Waals surface area contributed by atoms with Gasteiger partial charge in [-0.15, -0.1) is 0 Å². The lowest BCUT2D eigenvalue weighted by atomic mass is 10.1. The highest BCUT2D eigenvalue weighted by molar-refractivity contribution is 8.14. The van der Waals surface area contributed by atoms with Gasteiger partial charge in [-0.1, -0.05) is 29.5 Å². The van der Waals surface area contributed by atoms with Crippen molar-refractivity contribution < 1.29 is 22.0 Å². The lowest BCUT2D eigenvalue weighted by Gasteiger charge is -2.26. The SMILES string of the molecule is Cc1ccc(NC(=O)CSC2=N[C@@H]3CS(=O)(=O)C[C@H]3N2c2ccc(F)cc2F)c(C)c1. The zero-order chi connectivity index (χ0) is 22.3. The Bertz CT molecular complexity index is 1180. The average molecular weight is 466 g/mol. The highest BCUT2D eigenvalue weighted by Gasteiger charge is 2.47. The van der Waals surface area contributed by atoms with Crippen molar-refractivity contribution in [1.82, 2.24) is 0 Å². The second kappa shape index (κ2) is 8.23. The van der Waals surface area contributed by atoms with E-state index in [1.54, 1.807) is 0 Å². The summed E-state index contributed by atoms with van der Waals surface area (Å²) in [7, 11) is -3.30. The molecule has 0 aromatic heterocycles. The molecule has 1 saturated heterocycles. The molecule has 2 aromatic rings. The number of carbonyl (C=O) groups excluding carboxylic acids is 1. The minimum absolute atomic E-state index is 0.0116. The molecule has 2 aliphatic rings. The van der Waals surface area contributed by atoms with Gasteiger partial charge in [0.15, 0.2) is 15.0 Å². The number of rotatable bonds is 4. The first-order chi connectivity index (χ1) is 14.6. The summed E-state index contributed by atoms with van der Waals surface area (Å²) < 4.78 is 52.1. The van der Waals surface area contributed by atoms with E-state index in [0.717, 1.165) is 35.0 Å². The molecule has 2 aromatic carbocycles. The first-order valence-corrected chi connectivity index (χ1v) is 12.5. The number of sulfone groups is 1. The lowest BCUT2D eigenvalue weighted by molar-refractivity contribution is -0.113. The number of halogens is 2. The van der Waals surface area contributed by atoms with Crippen LogP contribution in [0.4, 0.5) is 20.2 Å². The lowest BCUT2D eigenvalue weighted by Crippen LogP contribution is -2.40. The van der Waals surface area contributed by atoms with E-state index < -0.39 is 33.6 Å². The van der Waals surface area contributed by atoms with Crippen molar-refractivity contribution in [3.05, 3.63) is 59.2 Å². The smallest absolute Gasteiger partial charge is 0.234 e. The Morgan fingerprint density at radius 1 is 1.19 bits per heavy atom. The molecule has 6 nitrogen and oxygen atoms in total. The van der Waals surface area contributed by atoms with E-state index in [4.69, 9.17) is 0 Å². The Balaban J connectivity index is 1.53. The van der Waals surface area contributed by atoms with E-state index in [1.807, 2.05) is 32.0 Å². The third-order valence-electron chi connectivity index (χ3n) is 5.27. The largest absolute Gasteiger partial charge is 0.325 e. The number of aryl methyl sites for hydroxylation is 2. The van der Waals surface area contributed by atoms with Gasteiger partial charge in [-0.05, 0) is 37.6 Å². The molecular formula is C21H21F2N3O3S2. The predicted octanol–water partition coefficient (Wildman–Crippen LogP) is 3.30. The van der Waals surface area contributed by atoms with Gasteiger partial charge in [0, 0.05) is 11.8 Å². The summed E-state index contributed by atoms with van der Waals surface area (Å²) in [4.78, 5) is 18.4. The second-order valence-corrected chi connectivity index (χ2v) is 10.8. The fourth-order valence-electron chi connectivity index (χ4n) is 3.86. The molecule has 0 bridgehead atoms. The standard InChI is InChI=1S/C21H21F2N3O3S2/c1-12-3-5-16(13(2)7-12)24-20(27)9-30-21-25-17-10-31(28,29)11-19(17)26(21)18-6-4-14(22)8-15(18)23/h3-8,17,19H,9-11H2,1-2H3,(H,24,27)/t17-,19-/m1/s1. The maximum absolute atomic E-state index is 14.5. The molecule has 1 amide bonds. The Morgan fingerprint density at radius 3 is 2.68 bits per heavy atom. The zero-order valence-electron chi connectivity index (χ0n) is 16.9. The van der Waals surface area contributed by atoms with E-state index in [-0.39, 0.29) is 28.9 Å². The molecule has 0 spiro atoms. The molecule has 2 aliphatic heterocycles. The van der Waals surface area contributed by atoms with Crippen LogP contribution in [0.5, 0.6) is 0 Å². The van der Waals surface area contributed by atoms with E-state index >= 15 is 0 Å². The molecule has 0 saturated carbocycles. The Morgan fingerprint density at radius 2 is 1.97 bits per heavy atom. The second-order valence-electron chi connectivity index (χ2n) is 7.74. The number of nitrogens with one attached hydrogen (secondary N) is 1. The van der Waals surface area contributed by atoms with Gasteiger partial charge in [0.05, 0.1) is 35.0 Å². The fourth-order valence-corrected chi connectivity index (χ4v) is 6.62. The zero-order valence-corrected chi connectivity index (χ0v) is 18.6. The average Bonchev–Trinajstić information content (AvgIpc) is 3.14. The predicted molar refractivity (Wildman–Crippen MR) is 120 cm³/mol. The van der Waals surface area contributed by atoms with E-state index in [0.29, 0.717) is 10.9 Å². The Hall–Kier alpha value is -2.46. The van der Waals surface area contributed by atoms with Gasteiger partial charge in [-0.3, -0.25) is 9.79 Å². The van der Waals surface area contributed by atoms with Gasteiger partial charge in [0.2, 0.25) is 5.91 Å². The van der Waals surface area contributed by atoms with E-state index in [1.165, 1.54) is 11.0 Å². The first-order valence-electron chi connectivity index (χ1n) is 9.65. The number of amides is 1. The summed E-state index contributed by atoms with van der Waals surface area (Å²) in [6, 6.07) is 7.71. The summed E-state index contributed by atoms with van der Waals surface area (Å²) in [5, 5.41) is 3.20. The normalized spacial score (nSPS) is 21.7. The van der Waals surface area contributed by atoms with Crippen LogP contribution < -0.4 is 10.2 Å². The van der Waals surface area contributed by atoms with E-state index in [2.05, 4.69) is 10.3 Å². The highest BCUT2D eigenvalue weighted by atomic mass is 32.2. The molecule has 0 radical (unpaired) electrons. The quantitative estimate of drug-likeness (QED) is 0.750. The number of thioether (sulfide) groups is 1. The van der Waals surface area contributed by atoms with Crippen LogP contribution in [0, 0.1) is 25.5 Å². The van der Waals surface area contributed by atoms with Crippen molar-refractivity contribution in [3.8, 4) is 0 Å². The molecule has 2 heterocycles. The number of anilines is 2. The summed E-state index contributed by atoms with van der Waals surface area (Å²) in [5.74, 6) is -2.08. The fraction of sp³-hybridized carbons (Fsp3) is 0.333. The number of amidine groups is 1. The molecule has 0 unspecified atom stereocenters. The number of hydrogen-bond acceptors (Lipinski definition) is 6. The van der Waals surface area contributed by atoms with Crippen LogP contribution in [-0.2, 0) is 14.6 Å². The topological polar surface area (TPSA) is 78.8 Å². The molecule has 164 valence electrons. The molecule has 0 aliphatic carbocycles.